The van der Waals surface area contributed by atoms with E-state index >= 15 is 0 Å². The Morgan fingerprint density at radius 1 is 1.46 bits per heavy atom. The van der Waals surface area contributed by atoms with Crippen molar-refractivity contribution in [1.82, 2.24) is 20.1 Å². The molecule has 1 atom stereocenters. The fourth-order valence-electron chi connectivity index (χ4n) is 2.84. The molecule has 1 aliphatic rings. The Bertz CT molecular complexity index is 663. The first-order chi connectivity index (χ1) is 11.6. The van der Waals surface area contributed by atoms with E-state index in [2.05, 4.69) is 29.0 Å². The standard InChI is InChI=1S/C18H24N4O2/c1-13(2)16-10-17(21-20-16)18(23)22(12-15-7-5-9-24-15)11-14-6-3-4-8-19-14/h3-4,6,8,10,13,15H,5,7,9,11-12H2,1-2H3,(H,20,21)/t15-/m1/s1. The molecule has 0 aliphatic carbocycles. The quantitative estimate of drug-likeness (QED) is 0.885. The minimum absolute atomic E-state index is 0.0840. The van der Waals surface area contributed by atoms with Gasteiger partial charge in [-0.1, -0.05) is 19.9 Å². The normalized spacial score (nSPS) is 17.4. The van der Waals surface area contributed by atoms with Crippen LogP contribution in [-0.4, -0.2) is 45.2 Å². The lowest BCUT2D eigenvalue weighted by Crippen LogP contribution is -2.37. The Hall–Kier alpha value is -2.21. The first kappa shape index (κ1) is 16.6. The molecule has 2 aromatic rings. The van der Waals surface area contributed by atoms with Crippen LogP contribution in [0, 0.1) is 0 Å². The lowest BCUT2D eigenvalue weighted by Gasteiger charge is -2.24. The zero-order chi connectivity index (χ0) is 16.9. The molecule has 3 rings (SSSR count). The van der Waals surface area contributed by atoms with Crippen LogP contribution in [0.15, 0.2) is 30.5 Å². The highest BCUT2D eigenvalue weighted by Gasteiger charge is 2.25. The maximum Gasteiger partial charge on any atom is 0.274 e. The Morgan fingerprint density at radius 2 is 2.33 bits per heavy atom. The molecule has 128 valence electrons. The minimum atomic E-state index is -0.0840. The summed E-state index contributed by atoms with van der Waals surface area (Å²) in [4.78, 5) is 19.1. The second-order valence-corrected chi connectivity index (χ2v) is 6.51. The number of rotatable bonds is 6. The van der Waals surface area contributed by atoms with Gasteiger partial charge in [-0.3, -0.25) is 14.9 Å². The number of nitrogens with zero attached hydrogens (tertiary/aromatic N) is 3. The molecule has 3 heterocycles. The van der Waals surface area contributed by atoms with Gasteiger partial charge >= 0.3 is 0 Å². The van der Waals surface area contributed by atoms with Crippen molar-refractivity contribution in [2.75, 3.05) is 13.2 Å². The number of hydrogen-bond acceptors (Lipinski definition) is 4. The van der Waals surface area contributed by atoms with Crippen LogP contribution < -0.4 is 0 Å². The number of carbonyl (C=O) groups excluding carboxylic acids is 1. The van der Waals surface area contributed by atoms with Crippen LogP contribution in [0.5, 0.6) is 0 Å². The van der Waals surface area contributed by atoms with Gasteiger partial charge in [0.15, 0.2) is 0 Å². The molecule has 0 spiro atoms. The number of nitrogens with one attached hydrogen (secondary N) is 1. The van der Waals surface area contributed by atoms with Gasteiger partial charge in [-0.25, -0.2) is 0 Å². The molecule has 1 aliphatic heterocycles. The van der Waals surface area contributed by atoms with Gasteiger partial charge in [-0.15, -0.1) is 0 Å². The smallest absolute Gasteiger partial charge is 0.274 e. The summed E-state index contributed by atoms with van der Waals surface area (Å²) < 4.78 is 5.71. The molecule has 0 saturated carbocycles. The summed E-state index contributed by atoms with van der Waals surface area (Å²) in [6, 6.07) is 7.58. The van der Waals surface area contributed by atoms with Gasteiger partial charge in [0, 0.05) is 25.0 Å². The Morgan fingerprint density at radius 3 is 2.96 bits per heavy atom. The van der Waals surface area contributed by atoms with Crippen LogP contribution in [-0.2, 0) is 11.3 Å². The summed E-state index contributed by atoms with van der Waals surface area (Å²) in [5, 5.41) is 7.15. The van der Waals surface area contributed by atoms with Gasteiger partial charge in [0.1, 0.15) is 5.69 Å². The van der Waals surface area contributed by atoms with Gasteiger partial charge in [0.2, 0.25) is 0 Å². The van der Waals surface area contributed by atoms with Crippen molar-refractivity contribution < 1.29 is 9.53 Å². The summed E-state index contributed by atoms with van der Waals surface area (Å²) >= 11 is 0. The molecule has 6 nitrogen and oxygen atoms in total. The summed E-state index contributed by atoms with van der Waals surface area (Å²) in [5.74, 6) is 0.223. The molecule has 1 N–H and O–H groups in total. The third kappa shape index (κ3) is 4.00. The monoisotopic (exact) mass is 328 g/mol. The van der Waals surface area contributed by atoms with E-state index in [1.165, 1.54) is 0 Å². The summed E-state index contributed by atoms with van der Waals surface area (Å²) in [6.45, 7) is 5.94. The fraction of sp³-hybridized carbons (Fsp3) is 0.500. The number of ether oxygens (including phenoxy) is 1. The van der Waals surface area contributed by atoms with Crippen molar-refractivity contribution >= 4 is 5.91 Å². The number of aromatic amines is 1. The van der Waals surface area contributed by atoms with Crippen molar-refractivity contribution in [2.45, 2.75) is 45.3 Å². The molecule has 2 aromatic heterocycles. The van der Waals surface area contributed by atoms with Gasteiger partial charge in [-0.2, -0.15) is 5.10 Å². The Balaban J connectivity index is 1.77. The predicted molar refractivity (Wildman–Crippen MR) is 90.6 cm³/mol. The number of carbonyl (C=O) groups is 1. The second-order valence-electron chi connectivity index (χ2n) is 6.51. The van der Waals surface area contributed by atoms with E-state index in [1.54, 1.807) is 11.1 Å². The molecular formula is C18H24N4O2. The van der Waals surface area contributed by atoms with E-state index in [0.29, 0.717) is 24.7 Å². The summed E-state index contributed by atoms with van der Waals surface area (Å²) in [5.41, 5.74) is 2.28. The Kier molecular flexibility index (Phi) is 5.25. The summed E-state index contributed by atoms with van der Waals surface area (Å²) in [7, 11) is 0. The molecule has 1 amide bonds. The fourth-order valence-corrected chi connectivity index (χ4v) is 2.84. The highest BCUT2D eigenvalue weighted by atomic mass is 16.5. The largest absolute Gasteiger partial charge is 0.376 e. The maximum absolute atomic E-state index is 12.9. The summed E-state index contributed by atoms with van der Waals surface area (Å²) in [6.07, 6.45) is 3.89. The van der Waals surface area contributed by atoms with Gasteiger partial charge < -0.3 is 9.64 Å². The molecule has 1 saturated heterocycles. The number of H-pyrrole nitrogens is 1. The van der Waals surface area contributed by atoms with Crippen molar-refractivity contribution in [2.24, 2.45) is 0 Å². The number of amides is 1. The van der Waals surface area contributed by atoms with Crippen molar-refractivity contribution in [3.8, 4) is 0 Å². The van der Waals surface area contributed by atoms with Crippen LogP contribution in [0.2, 0.25) is 0 Å². The highest BCUT2D eigenvalue weighted by molar-refractivity contribution is 5.92. The van der Waals surface area contributed by atoms with Crippen LogP contribution in [0.4, 0.5) is 0 Å². The Labute approximate surface area is 142 Å². The third-order valence-corrected chi connectivity index (χ3v) is 4.25. The van der Waals surface area contributed by atoms with E-state index in [9.17, 15) is 4.79 Å². The lowest BCUT2D eigenvalue weighted by atomic mass is 10.1. The van der Waals surface area contributed by atoms with Crippen molar-refractivity contribution in [1.29, 1.82) is 0 Å². The molecule has 0 radical (unpaired) electrons. The number of pyridine rings is 1. The van der Waals surface area contributed by atoms with E-state index in [-0.39, 0.29) is 12.0 Å². The number of hydrogen-bond donors (Lipinski definition) is 1. The maximum atomic E-state index is 12.9. The molecule has 1 fully saturated rings. The zero-order valence-corrected chi connectivity index (χ0v) is 14.2. The van der Waals surface area contributed by atoms with Crippen LogP contribution in [0.3, 0.4) is 0 Å². The molecule has 0 aromatic carbocycles. The van der Waals surface area contributed by atoms with Crippen LogP contribution >= 0.6 is 0 Å². The minimum Gasteiger partial charge on any atom is -0.376 e. The first-order valence-corrected chi connectivity index (χ1v) is 8.49. The van der Waals surface area contributed by atoms with E-state index in [1.807, 2.05) is 24.3 Å². The highest BCUT2D eigenvalue weighted by Crippen LogP contribution is 2.18. The van der Waals surface area contributed by atoms with Gasteiger partial charge in [0.05, 0.1) is 18.3 Å². The lowest BCUT2D eigenvalue weighted by molar-refractivity contribution is 0.0500. The van der Waals surface area contributed by atoms with Crippen molar-refractivity contribution in [3.63, 3.8) is 0 Å². The first-order valence-electron chi connectivity index (χ1n) is 8.49. The van der Waals surface area contributed by atoms with Crippen molar-refractivity contribution in [3.05, 3.63) is 47.5 Å². The third-order valence-electron chi connectivity index (χ3n) is 4.25. The SMILES string of the molecule is CC(C)c1cc(C(=O)N(Cc2ccccn2)C[C@H]2CCCO2)n[nH]1. The topological polar surface area (TPSA) is 71.1 Å². The molecule has 0 bridgehead atoms. The predicted octanol–water partition coefficient (Wildman–Crippen LogP) is 2.75. The van der Waals surface area contributed by atoms with Crippen LogP contribution in [0.1, 0.15) is 54.5 Å². The average molecular weight is 328 g/mol. The molecular weight excluding hydrogens is 304 g/mol. The van der Waals surface area contributed by atoms with E-state index in [0.717, 1.165) is 30.8 Å². The van der Waals surface area contributed by atoms with E-state index in [4.69, 9.17) is 4.74 Å². The van der Waals surface area contributed by atoms with Crippen LogP contribution in [0.25, 0.3) is 0 Å². The van der Waals surface area contributed by atoms with Gasteiger partial charge in [0.25, 0.3) is 5.91 Å². The molecule has 6 heteroatoms. The average Bonchev–Trinajstić information content (AvgIpc) is 3.26. The molecule has 24 heavy (non-hydrogen) atoms. The number of aromatic nitrogens is 3. The van der Waals surface area contributed by atoms with Gasteiger partial charge in [-0.05, 0) is 37.0 Å². The van der Waals surface area contributed by atoms with E-state index < -0.39 is 0 Å². The second kappa shape index (κ2) is 7.57. The zero-order valence-electron chi connectivity index (χ0n) is 14.2. The molecule has 0 unspecified atom stereocenters.